The van der Waals surface area contributed by atoms with Crippen molar-refractivity contribution in [2.75, 3.05) is 24.6 Å². The van der Waals surface area contributed by atoms with E-state index in [1.165, 1.54) is 11.8 Å². The van der Waals surface area contributed by atoms with Crippen molar-refractivity contribution in [2.24, 2.45) is 0 Å². The minimum Gasteiger partial charge on any atom is -0.480 e. The lowest BCUT2D eigenvalue weighted by atomic mass is 10.2. The zero-order chi connectivity index (χ0) is 13.0. The summed E-state index contributed by atoms with van der Waals surface area (Å²) < 4.78 is 11.1. The molecule has 0 aliphatic carbocycles. The van der Waals surface area contributed by atoms with Crippen LogP contribution in [0, 0.1) is 0 Å². The van der Waals surface area contributed by atoms with E-state index in [4.69, 9.17) is 5.11 Å². The Labute approximate surface area is 101 Å². The van der Waals surface area contributed by atoms with Gasteiger partial charge in [-0.25, -0.2) is 9.59 Å². The number of nitrogens with one attached hydrogen (secondary N) is 1. The van der Waals surface area contributed by atoms with Crippen molar-refractivity contribution in [3.05, 3.63) is 0 Å². The first-order valence-corrected chi connectivity index (χ1v) is 6.72. The lowest BCUT2D eigenvalue weighted by Crippen LogP contribution is -2.54. The number of aliphatic hydroxyl groups is 1. The number of nitrogens with zero attached hydrogens (tertiary/aromatic N) is 1. The third-order valence-corrected chi connectivity index (χ3v) is 3.77. The van der Waals surface area contributed by atoms with Gasteiger partial charge in [-0.2, -0.15) is 0 Å². The molecular weight excluding hydrogens is 248 g/mol. The number of hydrogen-bond acceptors (Lipinski definition) is 4. The van der Waals surface area contributed by atoms with Gasteiger partial charge in [-0.05, 0) is 6.92 Å². The number of carbonyl (C=O) groups is 2. The second kappa shape index (κ2) is 5.97. The van der Waals surface area contributed by atoms with Gasteiger partial charge in [-0.1, -0.05) is 0 Å². The fraction of sp³-hybridized carbons (Fsp3) is 0.778. The van der Waals surface area contributed by atoms with Gasteiger partial charge in [0, 0.05) is 35.4 Å². The Kier molecular flexibility index (Phi) is 4.88. The van der Waals surface area contributed by atoms with Crippen molar-refractivity contribution in [2.45, 2.75) is 19.1 Å². The van der Waals surface area contributed by atoms with Gasteiger partial charge >= 0.3 is 12.0 Å². The molecule has 1 aliphatic rings. The maximum absolute atomic E-state index is 11.7. The van der Waals surface area contributed by atoms with Crippen molar-refractivity contribution in [3.8, 4) is 0 Å². The second-order valence-electron chi connectivity index (χ2n) is 3.84. The van der Waals surface area contributed by atoms with E-state index in [9.17, 15) is 18.9 Å². The lowest BCUT2D eigenvalue weighted by molar-refractivity contribution is -0.141. The number of carboxylic acids is 1. The van der Waals surface area contributed by atoms with Gasteiger partial charge in [0.05, 0.1) is 6.10 Å². The first-order chi connectivity index (χ1) is 7.91. The molecule has 17 heavy (non-hydrogen) atoms. The van der Waals surface area contributed by atoms with Crippen LogP contribution in [0.25, 0.3) is 0 Å². The summed E-state index contributed by atoms with van der Waals surface area (Å²) in [7, 11) is -0.895. The van der Waals surface area contributed by atoms with Crippen LogP contribution in [-0.2, 0) is 15.6 Å². The van der Waals surface area contributed by atoms with Gasteiger partial charge in [0.25, 0.3) is 0 Å². The number of carbonyl (C=O) groups excluding carboxylic acids is 1. The van der Waals surface area contributed by atoms with Gasteiger partial charge < -0.3 is 20.4 Å². The van der Waals surface area contributed by atoms with E-state index in [-0.39, 0.29) is 0 Å². The molecule has 0 saturated carbocycles. The van der Waals surface area contributed by atoms with Gasteiger partial charge in [-0.15, -0.1) is 0 Å². The van der Waals surface area contributed by atoms with Crippen LogP contribution < -0.4 is 5.32 Å². The number of rotatable bonds is 3. The SMILES string of the molecule is CC(O)C(NC(=O)N1CCS(=O)CC1)C(=O)O. The van der Waals surface area contributed by atoms with Crippen molar-refractivity contribution in [1.29, 1.82) is 0 Å². The van der Waals surface area contributed by atoms with E-state index in [1.807, 2.05) is 0 Å². The molecule has 98 valence electrons. The van der Waals surface area contributed by atoms with Crippen LogP contribution in [0.15, 0.2) is 0 Å². The van der Waals surface area contributed by atoms with E-state index >= 15 is 0 Å². The fourth-order valence-corrected chi connectivity index (χ4v) is 2.51. The molecule has 1 heterocycles. The fourth-order valence-electron chi connectivity index (χ4n) is 1.45. The molecule has 0 spiro atoms. The standard InChI is InChI=1S/C9H16N2O5S/c1-6(12)7(8(13)14)10-9(15)11-2-4-17(16)5-3-11/h6-7,12H,2-5H2,1H3,(H,10,15)(H,13,14). The Balaban J connectivity index is 2.53. The molecule has 0 radical (unpaired) electrons. The van der Waals surface area contributed by atoms with E-state index < -0.39 is 34.9 Å². The van der Waals surface area contributed by atoms with Crippen molar-refractivity contribution < 1.29 is 24.0 Å². The highest BCUT2D eigenvalue weighted by molar-refractivity contribution is 7.85. The highest BCUT2D eigenvalue weighted by Gasteiger charge is 2.28. The second-order valence-corrected chi connectivity index (χ2v) is 5.54. The topological polar surface area (TPSA) is 107 Å². The quantitative estimate of drug-likeness (QED) is 0.581. The average Bonchev–Trinajstić information content (AvgIpc) is 2.25. The Morgan fingerprint density at radius 2 is 1.88 bits per heavy atom. The van der Waals surface area contributed by atoms with Gasteiger partial charge in [0.2, 0.25) is 0 Å². The first kappa shape index (κ1) is 13.9. The normalized spacial score (nSPS) is 20.7. The molecule has 0 aromatic rings. The minimum atomic E-state index is -1.32. The maximum atomic E-state index is 11.7. The smallest absolute Gasteiger partial charge is 0.328 e. The molecule has 7 nitrogen and oxygen atoms in total. The number of carboxylic acid groups (broad SMARTS) is 1. The van der Waals surface area contributed by atoms with Crippen molar-refractivity contribution in [1.82, 2.24) is 10.2 Å². The van der Waals surface area contributed by atoms with Crippen LogP contribution in [0.4, 0.5) is 4.79 Å². The first-order valence-electron chi connectivity index (χ1n) is 5.23. The van der Waals surface area contributed by atoms with Crippen LogP contribution in [0.2, 0.25) is 0 Å². The summed E-state index contributed by atoms with van der Waals surface area (Å²) in [5, 5.41) is 20.2. The number of amides is 2. The summed E-state index contributed by atoms with van der Waals surface area (Å²) in [6.07, 6.45) is -1.17. The molecule has 1 fully saturated rings. The molecule has 2 unspecified atom stereocenters. The highest BCUT2D eigenvalue weighted by Crippen LogP contribution is 2.02. The molecule has 1 saturated heterocycles. The number of aliphatic carboxylic acids is 1. The zero-order valence-electron chi connectivity index (χ0n) is 9.46. The molecule has 2 atom stereocenters. The van der Waals surface area contributed by atoms with Gasteiger partial charge in [-0.3, -0.25) is 4.21 Å². The summed E-state index contributed by atoms with van der Waals surface area (Å²) >= 11 is 0. The predicted molar refractivity (Wildman–Crippen MR) is 61.1 cm³/mol. The van der Waals surface area contributed by atoms with E-state index in [0.717, 1.165) is 0 Å². The highest BCUT2D eigenvalue weighted by atomic mass is 32.2. The Bertz CT molecular complexity index is 323. The lowest BCUT2D eigenvalue weighted by Gasteiger charge is -2.28. The van der Waals surface area contributed by atoms with Crippen LogP contribution in [0.3, 0.4) is 0 Å². The summed E-state index contributed by atoms with van der Waals surface area (Å²) in [6, 6.07) is -1.87. The predicted octanol–water partition coefficient (Wildman–Crippen LogP) is -1.41. The third kappa shape index (κ3) is 3.97. The zero-order valence-corrected chi connectivity index (χ0v) is 10.3. The van der Waals surface area contributed by atoms with E-state index in [1.54, 1.807) is 0 Å². The molecule has 2 amide bonds. The van der Waals surface area contributed by atoms with Crippen LogP contribution in [-0.4, -0.2) is 68.1 Å². The number of urea groups is 1. The molecule has 1 rings (SSSR count). The van der Waals surface area contributed by atoms with E-state index in [0.29, 0.717) is 24.6 Å². The van der Waals surface area contributed by atoms with Gasteiger partial charge in [0.15, 0.2) is 6.04 Å². The van der Waals surface area contributed by atoms with Crippen LogP contribution in [0.1, 0.15) is 6.92 Å². The Morgan fingerprint density at radius 3 is 2.29 bits per heavy atom. The average molecular weight is 264 g/mol. The molecule has 0 aromatic carbocycles. The van der Waals surface area contributed by atoms with Crippen LogP contribution in [0.5, 0.6) is 0 Å². The van der Waals surface area contributed by atoms with Crippen molar-refractivity contribution in [3.63, 3.8) is 0 Å². The molecular formula is C9H16N2O5S. The molecule has 1 aliphatic heterocycles. The summed E-state index contributed by atoms with van der Waals surface area (Å²) in [6.45, 7) is 1.97. The summed E-state index contributed by atoms with van der Waals surface area (Å²) in [5.74, 6) is -0.478. The van der Waals surface area contributed by atoms with Gasteiger partial charge in [0.1, 0.15) is 0 Å². The van der Waals surface area contributed by atoms with E-state index in [2.05, 4.69) is 5.32 Å². The third-order valence-electron chi connectivity index (χ3n) is 2.49. The number of hydrogen-bond donors (Lipinski definition) is 3. The summed E-state index contributed by atoms with van der Waals surface area (Å²) in [4.78, 5) is 23.8. The molecule has 0 bridgehead atoms. The largest absolute Gasteiger partial charge is 0.480 e. The monoisotopic (exact) mass is 264 g/mol. The molecule has 3 N–H and O–H groups in total. The van der Waals surface area contributed by atoms with Crippen LogP contribution >= 0.6 is 0 Å². The minimum absolute atomic E-state index is 0.338. The van der Waals surface area contributed by atoms with Crippen molar-refractivity contribution >= 4 is 22.8 Å². The maximum Gasteiger partial charge on any atom is 0.328 e. The summed E-state index contributed by atoms with van der Waals surface area (Å²) in [5.41, 5.74) is 0. The Morgan fingerprint density at radius 1 is 1.35 bits per heavy atom. The number of aliphatic hydroxyl groups excluding tert-OH is 1. The molecule has 0 aromatic heterocycles. The Hall–Kier alpha value is -1.15. The molecule has 8 heteroatoms.